The molecule has 0 radical (unpaired) electrons. The van der Waals surface area contributed by atoms with Crippen LogP contribution in [0.15, 0.2) is 66.1 Å². The molecule has 7 heteroatoms. The van der Waals surface area contributed by atoms with Gasteiger partial charge in [-0.15, -0.1) is 10.2 Å². The molecule has 0 unspecified atom stereocenters. The maximum atomic E-state index is 13.3. The number of halogens is 1. The molecule has 24 heavy (non-hydrogen) atoms. The molecular formula is C17H12FN5S. The van der Waals surface area contributed by atoms with Crippen molar-refractivity contribution in [3.8, 4) is 11.3 Å². The minimum atomic E-state index is -0.240. The van der Waals surface area contributed by atoms with Gasteiger partial charge in [0.05, 0.1) is 5.69 Å². The summed E-state index contributed by atoms with van der Waals surface area (Å²) in [7, 11) is 0. The van der Waals surface area contributed by atoms with Gasteiger partial charge in [-0.05, 0) is 42.0 Å². The van der Waals surface area contributed by atoms with Crippen LogP contribution in [0, 0.1) is 5.82 Å². The van der Waals surface area contributed by atoms with Gasteiger partial charge in [0.1, 0.15) is 5.82 Å². The van der Waals surface area contributed by atoms with Crippen molar-refractivity contribution in [1.82, 2.24) is 24.8 Å². The SMILES string of the molecule is Fc1cccc(CSc2nnc3ccc(-c4cccnc4)nn23)c1. The number of hydrogen-bond acceptors (Lipinski definition) is 5. The highest BCUT2D eigenvalue weighted by atomic mass is 32.2. The van der Waals surface area contributed by atoms with E-state index in [4.69, 9.17) is 0 Å². The van der Waals surface area contributed by atoms with Gasteiger partial charge in [0.2, 0.25) is 5.16 Å². The highest BCUT2D eigenvalue weighted by molar-refractivity contribution is 7.98. The Kier molecular flexibility index (Phi) is 3.92. The molecule has 0 spiro atoms. The van der Waals surface area contributed by atoms with Gasteiger partial charge >= 0.3 is 0 Å². The summed E-state index contributed by atoms with van der Waals surface area (Å²) in [5.74, 6) is 0.355. The van der Waals surface area contributed by atoms with Gasteiger partial charge in [-0.1, -0.05) is 23.9 Å². The van der Waals surface area contributed by atoms with E-state index in [0.29, 0.717) is 16.6 Å². The van der Waals surface area contributed by atoms with E-state index < -0.39 is 0 Å². The summed E-state index contributed by atoms with van der Waals surface area (Å²) in [6.45, 7) is 0. The van der Waals surface area contributed by atoms with Crippen molar-refractivity contribution in [2.45, 2.75) is 10.9 Å². The second-order valence-corrected chi connectivity index (χ2v) is 6.07. The standard InChI is InChI=1S/C17H12FN5S/c18-14-5-1-3-12(9-14)11-24-17-21-20-16-7-6-15(22-23(16)17)13-4-2-8-19-10-13/h1-10H,11H2. The van der Waals surface area contributed by atoms with Crippen LogP contribution >= 0.6 is 11.8 Å². The van der Waals surface area contributed by atoms with Crippen molar-refractivity contribution in [2.75, 3.05) is 0 Å². The lowest BCUT2D eigenvalue weighted by molar-refractivity contribution is 0.626. The zero-order valence-electron chi connectivity index (χ0n) is 12.5. The molecule has 0 aliphatic rings. The molecule has 0 N–H and O–H groups in total. The highest BCUT2D eigenvalue weighted by Gasteiger charge is 2.10. The molecule has 0 aliphatic heterocycles. The van der Waals surface area contributed by atoms with Crippen LogP contribution < -0.4 is 0 Å². The van der Waals surface area contributed by atoms with Crippen LogP contribution in [-0.4, -0.2) is 24.8 Å². The molecule has 3 heterocycles. The lowest BCUT2D eigenvalue weighted by Crippen LogP contribution is -1.96. The third kappa shape index (κ3) is 2.98. The van der Waals surface area contributed by atoms with Crippen molar-refractivity contribution in [3.63, 3.8) is 0 Å². The van der Waals surface area contributed by atoms with Crippen LogP contribution in [0.5, 0.6) is 0 Å². The van der Waals surface area contributed by atoms with E-state index in [1.54, 1.807) is 23.0 Å². The number of pyridine rings is 1. The average molecular weight is 337 g/mol. The first-order valence-electron chi connectivity index (χ1n) is 7.30. The number of fused-ring (bicyclic) bond motifs is 1. The predicted molar refractivity (Wildman–Crippen MR) is 90.0 cm³/mol. The van der Waals surface area contributed by atoms with Gasteiger partial charge in [0.15, 0.2) is 5.65 Å². The molecule has 0 aliphatic carbocycles. The molecule has 0 saturated carbocycles. The number of aromatic nitrogens is 5. The minimum absolute atomic E-state index is 0.240. The zero-order chi connectivity index (χ0) is 16.4. The van der Waals surface area contributed by atoms with Gasteiger partial charge in [-0.3, -0.25) is 4.98 Å². The first-order chi connectivity index (χ1) is 11.8. The van der Waals surface area contributed by atoms with E-state index in [-0.39, 0.29) is 5.82 Å². The van der Waals surface area contributed by atoms with Crippen molar-refractivity contribution in [1.29, 1.82) is 0 Å². The van der Waals surface area contributed by atoms with Crippen LogP contribution in [0.3, 0.4) is 0 Å². The van der Waals surface area contributed by atoms with Crippen molar-refractivity contribution < 1.29 is 4.39 Å². The molecule has 0 saturated heterocycles. The minimum Gasteiger partial charge on any atom is -0.264 e. The summed E-state index contributed by atoms with van der Waals surface area (Å²) in [6.07, 6.45) is 3.49. The van der Waals surface area contributed by atoms with Crippen LogP contribution in [0.2, 0.25) is 0 Å². The summed E-state index contributed by atoms with van der Waals surface area (Å²) >= 11 is 1.47. The number of hydrogen-bond donors (Lipinski definition) is 0. The fourth-order valence-electron chi connectivity index (χ4n) is 2.30. The Morgan fingerprint density at radius 1 is 1.04 bits per heavy atom. The van der Waals surface area contributed by atoms with E-state index in [0.717, 1.165) is 16.8 Å². The van der Waals surface area contributed by atoms with Crippen molar-refractivity contribution in [2.24, 2.45) is 0 Å². The predicted octanol–water partition coefficient (Wildman–Crippen LogP) is 3.62. The zero-order valence-corrected chi connectivity index (χ0v) is 13.3. The molecule has 0 bridgehead atoms. The van der Waals surface area contributed by atoms with E-state index >= 15 is 0 Å². The Labute approximate surface area is 141 Å². The molecule has 3 aromatic heterocycles. The Bertz CT molecular complexity index is 987. The van der Waals surface area contributed by atoms with E-state index in [1.807, 2.05) is 30.3 Å². The first-order valence-corrected chi connectivity index (χ1v) is 8.28. The monoisotopic (exact) mass is 337 g/mol. The maximum Gasteiger partial charge on any atom is 0.212 e. The number of rotatable bonds is 4. The first kappa shape index (κ1) is 14.8. The Hall–Kier alpha value is -2.80. The van der Waals surface area contributed by atoms with Gasteiger partial charge in [0.25, 0.3) is 0 Å². The molecule has 0 fully saturated rings. The summed E-state index contributed by atoms with van der Waals surface area (Å²) < 4.78 is 15.0. The van der Waals surface area contributed by atoms with Crippen LogP contribution in [0.1, 0.15) is 5.56 Å². The topological polar surface area (TPSA) is 56.0 Å². The highest BCUT2D eigenvalue weighted by Crippen LogP contribution is 2.23. The second kappa shape index (κ2) is 6.37. The quantitative estimate of drug-likeness (QED) is 0.532. The van der Waals surface area contributed by atoms with Gasteiger partial charge < -0.3 is 0 Å². The summed E-state index contributed by atoms with van der Waals surface area (Å²) in [5, 5.41) is 13.6. The fourth-order valence-corrected chi connectivity index (χ4v) is 3.13. The smallest absolute Gasteiger partial charge is 0.212 e. The number of benzene rings is 1. The van der Waals surface area contributed by atoms with Crippen molar-refractivity contribution in [3.05, 3.63) is 72.3 Å². The van der Waals surface area contributed by atoms with Crippen molar-refractivity contribution >= 4 is 17.4 Å². The molecule has 5 nitrogen and oxygen atoms in total. The van der Waals surface area contributed by atoms with E-state index in [9.17, 15) is 4.39 Å². The average Bonchev–Trinajstić information content (AvgIpc) is 3.03. The molecule has 4 rings (SSSR count). The lowest BCUT2D eigenvalue weighted by Gasteiger charge is -2.03. The van der Waals surface area contributed by atoms with E-state index in [2.05, 4.69) is 20.3 Å². The molecule has 0 amide bonds. The number of nitrogens with zero attached hydrogens (tertiary/aromatic N) is 5. The fraction of sp³-hybridized carbons (Fsp3) is 0.0588. The Balaban J connectivity index is 1.64. The Morgan fingerprint density at radius 2 is 2.00 bits per heavy atom. The van der Waals surface area contributed by atoms with E-state index in [1.165, 1.54) is 23.9 Å². The molecule has 4 aromatic rings. The van der Waals surface area contributed by atoms with Crippen LogP contribution in [0.25, 0.3) is 16.9 Å². The third-order valence-corrected chi connectivity index (χ3v) is 4.44. The Morgan fingerprint density at radius 3 is 2.83 bits per heavy atom. The normalized spacial score (nSPS) is 11.0. The lowest BCUT2D eigenvalue weighted by atomic mass is 10.2. The van der Waals surface area contributed by atoms with Gasteiger partial charge in [-0.2, -0.15) is 9.61 Å². The third-order valence-electron chi connectivity index (χ3n) is 3.45. The van der Waals surface area contributed by atoms with Gasteiger partial charge in [0, 0.05) is 23.7 Å². The number of thioether (sulfide) groups is 1. The molecular weight excluding hydrogens is 325 g/mol. The maximum absolute atomic E-state index is 13.3. The largest absolute Gasteiger partial charge is 0.264 e. The molecule has 1 aromatic carbocycles. The van der Waals surface area contributed by atoms with Crippen LogP contribution in [-0.2, 0) is 5.75 Å². The second-order valence-electron chi connectivity index (χ2n) is 5.13. The summed E-state index contributed by atoms with van der Waals surface area (Å²) in [6, 6.07) is 14.1. The molecule has 0 atom stereocenters. The summed E-state index contributed by atoms with van der Waals surface area (Å²) in [5.41, 5.74) is 3.28. The van der Waals surface area contributed by atoms with Crippen LogP contribution in [0.4, 0.5) is 4.39 Å². The molecule has 118 valence electrons. The van der Waals surface area contributed by atoms with Gasteiger partial charge in [-0.25, -0.2) is 4.39 Å². The summed E-state index contributed by atoms with van der Waals surface area (Å²) in [4.78, 5) is 4.11.